The highest BCUT2D eigenvalue weighted by Gasteiger charge is 2.16. The number of halogens is 1. The fourth-order valence-electron chi connectivity index (χ4n) is 1.63. The van der Waals surface area contributed by atoms with E-state index in [1.807, 2.05) is 45.0 Å². The summed E-state index contributed by atoms with van der Waals surface area (Å²) < 4.78 is 0. The van der Waals surface area contributed by atoms with Gasteiger partial charge in [0.25, 0.3) is 5.91 Å². The van der Waals surface area contributed by atoms with Crippen LogP contribution in [-0.4, -0.2) is 16.4 Å². The number of H-pyrrole nitrogens is 1. The van der Waals surface area contributed by atoms with Gasteiger partial charge in [-0.05, 0) is 39.0 Å². The lowest BCUT2D eigenvalue weighted by Crippen LogP contribution is -2.40. The fourth-order valence-corrected chi connectivity index (χ4v) is 1.80. The Balaban J connectivity index is 2.33. The maximum absolute atomic E-state index is 11.9. The van der Waals surface area contributed by atoms with Crippen molar-refractivity contribution in [1.29, 1.82) is 0 Å². The number of aromatic amines is 1. The average molecular weight is 251 g/mol. The molecule has 0 fully saturated rings. The second kappa shape index (κ2) is 4.08. The lowest BCUT2D eigenvalue weighted by atomic mass is 10.1. The first-order valence-electron chi connectivity index (χ1n) is 5.46. The molecule has 2 aromatic rings. The molecule has 0 unspecified atom stereocenters. The molecule has 0 aliphatic heterocycles. The second-order valence-corrected chi connectivity index (χ2v) is 5.56. The molecule has 0 bridgehead atoms. The molecule has 3 nitrogen and oxygen atoms in total. The predicted molar refractivity (Wildman–Crippen MR) is 70.5 cm³/mol. The lowest BCUT2D eigenvalue weighted by Gasteiger charge is -2.19. The van der Waals surface area contributed by atoms with Gasteiger partial charge in [-0.1, -0.05) is 17.7 Å². The Labute approximate surface area is 105 Å². The van der Waals surface area contributed by atoms with Crippen molar-refractivity contribution >= 4 is 28.4 Å². The van der Waals surface area contributed by atoms with E-state index in [-0.39, 0.29) is 11.4 Å². The van der Waals surface area contributed by atoms with E-state index in [0.717, 1.165) is 10.9 Å². The van der Waals surface area contributed by atoms with Gasteiger partial charge in [0.15, 0.2) is 0 Å². The molecule has 0 spiro atoms. The van der Waals surface area contributed by atoms with Crippen molar-refractivity contribution in [2.24, 2.45) is 0 Å². The molecule has 17 heavy (non-hydrogen) atoms. The molecule has 1 amide bonds. The predicted octanol–water partition coefficient (Wildman–Crippen LogP) is 3.35. The Kier molecular flexibility index (Phi) is 2.87. The number of amides is 1. The van der Waals surface area contributed by atoms with Crippen molar-refractivity contribution in [1.82, 2.24) is 10.3 Å². The Morgan fingerprint density at radius 1 is 1.29 bits per heavy atom. The van der Waals surface area contributed by atoms with E-state index < -0.39 is 0 Å². The molecule has 1 aromatic heterocycles. The molecule has 90 valence electrons. The summed E-state index contributed by atoms with van der Waals surface area (Å²) in [5, 5.41) is 4.54. The quantitative estimate of drug-likeness (QED) is 0.801. The van der Waals surface area contributed by atoms with Gasteiger partial charge in [0.1, 0.15) is 5.69 Å². The van der Waals surface area contributed by atoms with Gasteiger partial charge in [-0.25, -0.2) is 0 Å². The van der Waals surface area contributed by atoms with Crippen LogP contribution in [0.2, 0.25) is 5.02 Å². The fraction of sp³-hybridized carbons (Fsp3) is 0.308. The first-order chi connectivity index (χ1) is 7.85. The summed E-state index contributed by atoms with van der Waals surface area (Å²) in [6.07, 6.45) is 0. The van der Waals surface area contributed by atoms with Gasteiger partial charge in [0.05, 0.1) is 0 Å². The van der Waals surface area contributed by atoms with E-state index in [4.69, 9.17) is 11.6 Å². The van der Waals surface area contributed by atoms with Gasteiger partial charge in [0, 0.05) is 21.5 Å². The molecule has 0 aliphatic rings. The van der Waals surface area contributed by atoms with Gasteiger partial charge >= 0.3 is 0 Å². The molecular weight excluding hydrogens is 236 g/mol. The minimum atomic E-state index is -0.244. The molecule has 4 heteroatoms. The zero-order valence-electron chi connectivity index (χ0n) is 10.1. The summed E-state index contributed by atoms with van der Waals surface area (Å²) in [4.78, 5) is 15.0. The third-order valence-electron chi connectivity index (χ3n) is 2.32. The highest BCUT2D eigenvalue weighted by molar-refractivity contribution is 6.31. The van der Waals surface area contributed by atoms with E-state index in [0.29, 0.717) is 10.7 Å². The van der Waals surface area contributed by atoms with Crippen LogP contribution < -0.4 is 5.32 Å². The van der Waals surface area contributed by atoms with Crippen LogP contribution in [0.5, 0.6) is 0 Å². The maximum atomic E-state index is 11.9. The SMILES string of the molecule is CC(C)(C)NC(=O)c1cc2ccc(Cl)cc2[nH]1. The number of hydrogen-bond acceptors (Lipinski definition) is 1. The molecule has 2 N–H and O–H groups in total. The lowest BCUT2D eigenvalue weighted by molar-refractivity contribution is 0.0915. The largest absolute Gasteiger partial charge is 0.350 e. The topological polar surface area (TPSA) is 44.9 Å². The minimum absolute atomic E-state index is 0.107. The third-order valence-corrected chi connectivity index (χ3v) is 2.55. The summed E-state index contributed by atoms with van der Waals surface area (Å²) in [7, 11) is 0. The van der Waals surface area contributed by atoms with Crippen molar-refractivity contribution in [2.45, 2.75) is 26.3 Å². The van der Waals surface area contributed by atoms with Gasteiger partial charge in [-0.2, -0.15) is 0 Å². The summed E-state index contributed by atoms with van der Waals surface area (Å²) in [5.74, 6) is -0.107. The zero-order valence-corrected chi connectivity index (χ0v) is 10.9. The Morgan fingerprint density at radius 3 is 2.65 bits per heavy atom. The Bertz CT molecular complexity index is 566. The first kappa shape index (κ1) is 12.0. The van der Waals surface area contributed by atoms with Crippen LogP contribution >= 0.6 is 11.6 Å². The molecule has 1 heterocycles. The van der Waals surface area contributed by atoms with Gasteiger partial charge in [0.2, 0.25) is 0 Å². The summed E-state index contributed by atoms with van der Waals surface area (Å²) in [5.41, 5.74) is 1.18. The second-order valence-electron chi connectivity index (χ2n) is 5.12. The summed E-state index contributed by atoms with van der Waals surface area (Å²) in [6.45, 7) is 5.85. The molecule has 0 aliphatic carbocycles. The smallest absolute Gasteiger partial charge is 0.268 e. The number of rotatable bonds is 1. The number of hydrogen-bond donors (Lipinski definition) is 2. The van der Waals surface area contributed by atoms with Crippen LogP contribution in [-0.2, 0) is 0 Å². The molecule has 0 atom stereocenters. The van der Waals surface area contributed by atoms with E-state index in [1.165, 1.54) is 0 Å². The Morgan fingerprint density at radius 2 is 2.00 bits per heavy atom. The van der Waals surface area contributed by atoms with Crippen LogP contribution in [0, 0.1) is 0 Å². The number of carbonyl (C=O) groups excluding carboxylic acids is 1. The van der Waals surface area contributed by atoms with Crippen LogP contribution in [0.4, 0.5) is 0 Å². The van der Waals surface area contributed by atoms with Gasteiger partial charge in [-0.3, -0.25) is 4.79 Å². The zero-order chi connectivity index (χ0) is 12.6. The van der Waals surface area contributed by atoms with Crippen molar-refractivity contribution in [3.8, 4) is 0 Å². The summed E-state index contributed by atoms with van der Waals surface area (Å²) in [6, 6.07) is 7.34. The van der Waals surface area contributed by atoms with E-state index >= 15 is 0 Å². The van der Waals surface area contributed by atoms with Crippen LogP contribution in [0.3, 0.4) is 0 Å². The van der Waals surface area contributed by atoms with E-state index in [9.17, 15) is 4.79 Å². The number of fused-ring (bicyclic) bond motifs is 1. The number of aromatic nitrogens is 1. The maximum Gasteiger partial charge on any atom is 0.268 e. The van der Waals surface area contributed by atoms with Crippen molar-refractivity contribution in [3.05, 3.63) is 35.0 Å². The van der Waals surface area contributed by atoms with E-state index in [1.54, 1.807) is 0 Å². The first-order valence-corrected chi connectivity index (χ1v) is 5.84. The highest BCUT2D eigenvalue weighted by Crippen LogP contribution is 2.20. The van der Waals surface area contributed by atoms with Crippen molar-refractivity contribution < 1.29 is 4.79 Å². The Hall–Kier alpha value is -1.48. The molecule has 0 radical (unpaired) electrons. The number of nitrogens with one attached hydrogen (secondary N) is 2. The average Bonchev–Trinajstić information content (AvgIpc) is 2.57. The van der Waals surface area contributed by atoms with Crippen molar-refractivity contribution in [2.75, 3.05) is 0 Å². The van der Waals surface area contributed by atoms with Crippen LogP contribution in [0.1, 0.15) is 31.3 Å². The van der Waals surface area contributed by atoms with Gasteiger partial charge < -0.3 is 10.3 Å². The number of benzene rings is 1. The molecule has 0 saturated carbocycles. The molecule has 2 rings (SSSR count). The monoisotopic (exact) mass is 250 g/mol. The minimum Gasteiger partial charge on any atom is -0.350 e. The van der Waals surface area contributed by atoms with Crippen molar-refractivity contribution in [3.63, 3.8) is 0 Å². The normalized spacial score (nSPS) is 11.8. The molecule has 1 aromatic carbocycles. The van der Waals surface area contributed by atoms with E-state index in [2.05, 4.69) is 10.3 Å². The molecular formula is C13H15ClN2O. The molecule has 0 saturated heterocycles. The summed E-state index contributed by atoms with van der Waals surface area (Å²) >= 11 is 5.89. The highest BCUT2D eigenvalue weighted by atomic mass is 35.5. The third kappa shape index (κ3) is 2.80. The van der Waals surface area contributed by atoms with Gasteiger partial charge in [-0.15, -0.1) is 0 Å². The standard InChI is InChI=1S/C13H15ClN2O/c1-13(2,3)16-12(17)11-6-8-4-5-9(14)7-10(8)15-11/h4-7,15H,1-3H3,(H,16,17). The number of carbonyl (C=O) groups is 1. The van der Waals surface area contributed by atoms with Crippen LogP contribution in [0.25, 0.3) is 10.9 Å². The van der Waals surface area contributed by atoms with Crippen LogP contribution in [0.15, 0.2) is 24.3 Å².